The number of nitrogens with two attached hydrogens (primary N) is 1. The molecule has 3 rings (SSSR count). The van der Waals surface area contributed by atoms with Gasteiger partial charge in [-0.25, -0.2) is 0 Å². The standard InChI is InChI=1S/C15H12N4O/c16-13(17)10-6-8-12(9-7-10)15-19-18-14(20-15)11-4-2-1-3-5-11/h1-9H,(H3,16,17). The zero-order chi connectivity index (χ0) is 13.9. The summed E-state index contributed by atoms with van der Waals surface area (Å²) in [4.78, 5) is 0. The van der Waals surface area contributed by atoms with Gasteiger partial charge in [-0.1, -0.05) is 30.3 Å². The highest BCUT2D eigenvalue weighted by Crippen LogP contribution is 2.23. The van der Waals surface area contributed by atoms with E-state index in [0.717, 1.165) is 11.1 Å². The number of hydrogen-bond acceptors (Lipinski definition) is 4. The molecule has 0 radical (unpaired) electrons. The number of rotatable bonds is 3. The van der Waals surface area contributed by atoms with Gasteiger partial charge in [0, 0.05) is 16.7 Å². The first-order chi connectivity index (χ1) is 9.74. The summed E-state index contributed by atoms with van der Waals surface area (Å²) < 4.78 is 5.65. The molecule has 0 aliphatic rings. The third kappa shape index (κ3) is 2.29. The summed E-state index contributed by atoms with van der Waals surface area (Å²) in [6.45, 7) is 0. The highest BCUT2D eigenvalue weighted by molar-refractivity contribution is 5.95. The summed E-state index contributed by atoms with van der Waals surface area (Å²) >= 11 is 0. The van der Waals surface area contributed by atoms with Crippen molar-refractivity contribution in [3.8, 4) is 22.9 Å². The number of amidine groups is 1. The van der Waals surface area contributed by atoms with Crippen molar-refractivity contribution in [1.29, 1.82) is 5.41 Å². The van der Waals surface area contributed by atoms with Crippen LogP contribution in [-0.2, 0) is 0 Å². The Balaban J connectivity index is 1.92. The minimum Gasteiger partial charge on any atom is -0.416 e. The van der Waals surface area contributed by atoms with Crippen LogP contribution in [0.15, 0.2) is 59.0 Å². The molecule has 0 amide bonds. The highest BCUT2D eigenvalue weighted by atomic mass is 16.4. The maximum Gasteiger partial charge on any atom is 0.248 e. The Morgan fingerprint density at radius 3 is 1.95 bits per heavy atom. The molecule has 1 aromatic heterocycles. The van der Waals surface area contributed by atoms with Gasteiger partial charge in [0.25, 0.3) is 0 Å². The fraction of sp³-hybridized carbons (Fsp3) is 0. The summed E-state index contributed by atoms with van der Waals surface area (Å²) in [5, 5.41) is 15.4. The second-order valence-corrected chi connectivity index (χ2v) is 4.27. The predicted molar refractivity (Wildman–Crippen MR) is 76.2 cm³/mol. The first-order valence-electron chi connectivity index (χ1n) is 6.08. The lowest BCUT2D eigenvalue weighted by Gasteiger charge is -1.98. The van der Waals surface area contributed by atoms with E-state index in [1.807, 2.05) is 30.3 Å². The zero-order valence-electron chi connectivity index (χ0n) is 10.6. The average molecular weight is 264 g/mol. The van der Waals surface area contributed by atoms with E-state index in [9.17, 15) is 0 Å². The first-order valence-corrected chi connectivity index (χ1v) is 6.08. The summed E-state index contributed by atoms with van der Waals surface area (Å²) in [5.74, 6) is 0.960. The van der Waals surface area contributed by atoms with Gasteiger partial charge in [-0.05, 0) is 24.3 Å². The number of aromatic nitrogens is 2. The fourth-order valence-corrected chi connectivity index (χ4v) is 1.83. The monoisotopic (exact) mass is 264 g/mol. The van der Waals surface area contributed by atoms with Crippen LogP contribution >= 0.6 is 0 Å². The smallest absolute Gasteiger partial charge is 0.248 e. The molecular weight excluding hydrogens is 252 g/mol. The van der Waals surface area contributed by atoms with Crippen molar-refractivity contribution in [2.75, 3.05) is 0 Å². The molecule has 5 nitrogen and oxygen atoms in total. The molecule has 0 saturated heterocycles. The molecule has 0 bridgehead atoms. The second kappa shape index (κ2) is 4.97. The van der Waals surface area contributed by atoms with E-state index < -0.39 is 0 Å². The molecule has 20 heavy (non-hydrogen) atoms. The van der Waals surface area contributed by atoms with Crippen LogP contribution in [0.1, 0.15) is 5.56 Å². The van der Waals surface area contributed by atoms with Crippen LogP contribution < -0.4 is 5.73 Å². The third-order valence-electron chi connectivity index (χ3n) is 2.89. The molecular formula is C15H12N4O. The maximum atomic E-state index is 7.35. The van der Waals surface area contributed by atoms with Crippen molar-refractivity contribution in [2.24, 2.45) is 5.73 Å². The van der Waals surface area contributed by atoms with Crippen LogP contribution in [0.25, 0.3) is 22.9 Å². The first kappa shape index (κ1) is 12.1. The van der Waals surface area contributed by atoms with E-state index in [1.165, 1.54) is 0 Å². The van der Waals surface area contributed by atoms with Crippen LogP contribution in [0.2, 0.25) is 0 Å². The van der Waals surface area contributed by atoms with E-state index >= 15 is 0 Å². The molecule has 3 aromatic rings. The molecule has 5 heteroatoms. The van der Waals surface area contributed by atoms with Crippen molar-refractivity contribution >= 4 is 5.84 Å². The molecule has 0 spiro atoms. The molecule has 2 aromatic carbocycles. The van der Waals surface area contributed by atoms with E-state index in [2.05, 4.69) is 10.2 Å². The van der Waals surface area contributed by atoms with Crippen molar-refractivity contribution in [3.63, 3.8) is 0 Å². The van der Waals surface area contributed by atoms with Gasteiger partial charge < -0.3 is 10.2 Å². The summed E-state index contributed by atoms with van der Waals surface area (Å²) in [6, 6.07) is 16.7. The third-order valence-corrected chi connectivity index (χ3v) is 2.89. The predicted octanol–water partition coefficient (Wildman–Crippen LogP) is 2.69. The molecule has 3 N–H and O–H groups in total. The topological polar surface area (TPSA) is 88.8 Å². The van der Waals surface area contributed by atoms with Crippen LogP contribution in [-0.4, -0.2) is 16.0 Å². The second-order valence-electron chi connectivity index (χ2n) is 4.27. The number of nitrogens with one attached hydrogen (secondary N) is 1. The minimum atomic E-state index is 0.0343. The van der Waals surface area contributed by atoms with E-state index in [0.29, 0.717) is 17.3 Å². The molecule has 0 unspecified atom stereocenters. The number of nitrogen functional groups attached to an aromatic ring is 1. The Labute approximate surface area is 115 Å². The Morgan fingerprint density at radius 2 is 1.40 bits per heavy atom. The molecule has 0 saturated carbocycles. The number of benzene rings is 2. The Bertz CT molecular complexity index is 732. The summed E-state index contributed by atoms with van der Waals surface area (Å²) in [6.07, 6.45) is 0. The SMILES string of the molecule is N=C(N)c1ccc(-c2nnc(-c3ccccc3)o2)cc1. The van der Waals surface area contributed by atoms with E-state index in [-0.39, 0.29) is 5.84 Å². The zero-order valence-corrected chi connectivity index (χ0v) is 10.6. The summed E-state index contributed by atoms with van der Waals surface area (Å²) in [5.41, 5.74) is 7.76. The van der Waals surface area contributed by atoms with Gasteiger partial charge in [0.05, 0.1) is 0 Å². The van der Waals surface area contributed by atoms with Gasteiger partial charge in [0.2, 0.25) is 11.8 Å². The molecule has 98 valence electrons. The van der Waals surface area contributed by atoms with E-state index in [4.69, 9.17) is 15.6 Å². The summed E-state index contributed by atoms with van der Waals surface area (Å²) in [7, 11) is 0. The highest BCUT2D eigenvalue weighted by Gasteiger charge is 2.10. The van der Waals surface area contributed by atoms with Crippen molar-refractivity contribution in [3.05, 3.63) is 60.2 Å². The Morgan fingerprint density at radius 1 is 0.850 bits per heavy atom. The lowest BCUT2D eigenvalue weighted by atomic mass is 10.1. The van der Waals surface area contributed by atoms with Gasteiger partial charge in [0.15, 0.2) is 0 Å². The van der Waals surface area contributed by atoms with Crippen molar-refractivity contribution in [1.82, 2.24) is 10.2 Å². The largest absolute Gasteiger partial charge is 0.416 e. The van der Waals surface area contributed by atoms with Crippen molar-refractivity contribution in [2.45, 2.75) is 0 Å². The lowest BCUT2D eigenvalue weighted by Crippen LogP contribution is -2.10. The number of nitrogens with zero attached hydrogens (tertiary/aromatic N) is 2. The molecule has 1 heterocycles. The van der Waals surface area contributed by atoms with Crippen LogP contribution in [0, 0.1) is 5.41 Å². The van der Waals surface area contributed by atoms with Gasteiger partial charge in [-0.2, -0.15) is 0 Å². The fourth-order valence-electron chi connectivity index (χ4n) is 1.83. The Hall–Kier alpha value is -2.95. The van der Waals surface area contributed by atoms with Crippen LogP contribution in [0.5, 0.6) is 0 Å². The minimum absolute atomic E-state index is 0.0343. The molecule has 0 fully saturated rings. The number of hydrogen-bond donors (Lipinski definition) is 2. The molecule has 0 aliphatic carbocycles. The Kier molecular flexibility index (Phi) is 3.01. The van der Waals surface area contributed by atoms with Gasteiger partial charge in [-0.3, -0.25) is 5.41 Å². The molecule has 0 atom stereocenters. The molecule has 0 aliphatic heterocycles. The normalized spacial score (nSPS) is 10.4. The maximum absolute atomic E-state index is 7.35. The van der Waals surface area contributed by atoms with Crippen LogP contribution in [0.4, 0.5) is 0 Å². The van der Waals surface area contributed by atoms with Crippen molar-refractivity contribution < 1.29 is 4.42 Å². The van der Waals surface area contributed by atoms with Gasteiger partial charge >= 0.3 is 0 Å². The van der Waals surface area contributed by atoms with Gasteiger partial charge in [-0.15, -0.1) is 10.2 Å². The lowest BCUT2D eigenvalue weighted by molar-refractivity contribution is 0.584. The van der Waals surface area contributed by atoms with E-state index in [1.54, 1.807) is 24.3 Å². The average Bonchev–Trinajstić information content (AvgIpc) is 2.98. The quantitative estimate of drug-likeness (QED) is 0.562. The van der Waals surface area contributed by atoms with Gasteiger partial charge in [0.1, 0.15) is 5.84 Å². The van der Waals surface area contributed by atoms with Crippen LogP contribution in [0.3, 0.4) is 0 Å².